The molecule has 1 rings (SSSR count). The van der Waals surface area contributed by atoms with Crippen molar-refractivity contribution in [1.29, 1.82) is 0 Å². The van der Waals surface area contributed by atoms with Gasteiger partial charge in [0.1, 0.15) is 0 Å². The number of rotatable bonds is 0. The van der Waals surface area contributed by atoms with Gasteiger partial charge in [-0.25, -0.2) is 0 Å². The van der Waals surface area contributed by atoms with E-state index in [2.05, 4.69) is 5.32 Å². The van der Waals surface area contributed by atoms with Crippen molar-refractivity contribution in [2.75, 3.05) is 13.1 Å². The van der Waals surface area contributed by atoms with Crippen molar-refractivity contribution in [3.05, 3.63) is 0 Å². The Kier molecular flexibility index (Phi) is 5.02. The monoisotopic (exact) mass is 160 g/mol. The molecule has 0 aliphatic carbocycles. The van der Waals surface area contributed by atoms with Gasteiger partial charge in [-0.15, -0.1) is 0 Å². The van der Waals surface area contributed by atoms with Gasteiger partial charge in [0.05, 0.1) is 0 Å². The van der Waals surface area contributed by atoms with Gasteiger partial charge in [-0.3, -0.25) is 0 Å². The molecule has 0 aromatic carbocycles. The third-order valence-electron chi connectivity index (χ3n) is 1.21. The van der Waals surface area contributed by atoms with Crippen molar-refractivity contribution < 1.29 is 0 Å². The SMILES string of the molecule is C1CCNCC1.[As]. The molecule has 0 atom stereocenters. The molecule has 0 spiro atoms. The van der Waals surface area contributed by atoms with E-state index in [0.29, 0.717) is 0 Å². The molecular weight excluding hydrogens is 149 g/mol. The van der Waals surface area contributed by atoms with Crippen LogP contribution in [-0.4, -0.2) is 31.0 Å². The molecule has 41 valence electrons. The summed E-state index contributed by atoms with van der Waals surface area (Å²) < 4.78 is 0. The van der Waals surface area contributed by atoms with Crippen LogP contribution < -0.4 is 5.32 Å². The quantitative estimate of drug-likeness (QED) is 0.505. The predicted octanol–water partition coefficient (Wildman–Crippen LogP) is 0.379. The zero-order valence-electron chi connectivity index (χ0n) is 4.48. The second-order valence-corrected chi connectivity index (χ2v) is 1.81. The van der Waals surface area contributed by atoms with Crippen molar-refractivity contribution in [3.8, 4) is 0 Å². The number of hydrogen-bond acceptors (Lipinski definition) is 1. The summed E-state index contributed by atoms with van der Waals surface area (Å²) in [6, 6.07) is 0. The van der Waals surface area contributed by atoms with Crippen LogP contribution in [0.2, 0.25) is 0 Å². The molecule has 0 aromatic heterocycles. The van der Waals surface area contributed by atoms with E-state index in [0.717, 1.165) is 0 Å². The smallest absolute Gasteiger partial charge is 0 e. The average molecular weight is 160 g/mol. The average Bonchev–Trinajstić information content (AvgIpc) is 1.72. The van der Waals surface area contributed by atoms with E-state index < -0.39 is 0 Å². The molecule has 7 heavy (non-hydrogen) atoms. The summed E-state index contributed by atoms with van der Waals surface area (Å²) in [5.41, 5.74) is 0. The molecule has 3 radical (unpaired) electrons. The topological polar surface area (TPSA) is 12.0 Å². The molecule has 1 aliphatic heterocycles. The molecule has 1 fully saturated rings. The molecule has 1 saturated heterocycles. The first-order valence-electron chi connectivity index (χ1n) is 2.71. The molecule has 0 saturated carbocycles. The Morgan fingerprint density at radius 3 is 1.57 bits per heavy atom. The molecule has 1 heterocycles. The first-order chi connectivity index (χ1) is 3.00. The molecule has 2 heteroatoms. The second-order valence-electron chi connectivity index (χ2n) is 1.81. The van der Waals surface area contributed by atoms with Crippen molar-refractivity contribution in [1.82, 2.24) is 5.32 Å². The Balaban J connectivity index is 0.000000360. The van der Waals surface area contributed by atoms with E-state index in [1.807, 2.05) is 0 Å². The van der Waals surface area contributed by atoms with Crippen LogP contribution in [0.3, 0.4) is 0 Å². The van der Waals surface area contributed by atoms with Crippen molar-refractivity contribution >= 4 is 18.0 Å². The van der Waals surface area contributed by atoms with Gasteiger partial charge >= 0.3 is 0 Å². The summed E-state index contributed by atoms with van der Waals surface area (Å²) in [6.45, 7) is 2.50. The fourth-order valence-electron chi connectivity index (χ4n) is 0.802. The maximum Gasteiger partial charge on any atom is 0 e. The maximum absolute atomic E-state index is 3.28. The number of piperidine rings is 1. The Labute approximate surface area is 56.2 Å². The van der Waals surface area contributed by atoms with Gasteiger partial charge in [-0.2, -0.15) is 0 Å². The summed E-state index contributed by atoms with van der Waals surface area (Å²) in [7, 11) is 0. The minimum atomic E-state index is 0. The van der Waals surface area contributed by atoms with Crippen molar-refractivity contribution in [3.63, 3.8) is 0 Å². The summed E-state index contributed by atoms with van der Waals surface area (Å²) in [5, 5.41) is 3.28. The molecule has 0 aromatic rings. The van der Waals surface area contributed by atoms with Crippen molar-refractivity contribution in [2.24, 2.45) is 0 Å². The van der Waals surface area contributed by atoms with Gasteiger partial charge in [-0.1, -0.05) is 6.42 Å². The van der Waals surface area contributed by atoms with E-state index >= 15 is 0 Å². The van der Waals surface area contributed by atoms with Gasteiger partial charge in [-0.05, 0) is 25.9 Å². The summed E-state index contributed by atoms with van der Waals surface area (Å²) >= 11 is 0. The predicted molar refractivity (Wildman–Crippen MR) is 32.5 cm³/mol. The molecule has 1 nitrogen and oxygen atoms in total. The van der Waals surface area contributed by atoms with Gasteiger partial charge in [0.25, 0.3) is 0 Å². The van der Waals surface area contributed by atoms with E-state index in [9.17, 15) is 0 Å². The van der Waals surface area contributed by atoms with E-state index in [-0.39, 0.29) is 18.0 Å². The maximum atomic E-state index is 3.28. The standard InChI is InChI=1S/C5H11N.As/c1-2-4-6-5-3-1;/h6H,1-5H2;. The van der Waals surface area contributed by atoms with E-state index in [1.54, 1.807) is 0 Å². The first kappa shape index (κ1) is 7.52. The molecule has 0 amide bonds. The van der Waals surface area contributed by atoms with Crippen molar-refractivity contribution in [2.45, 2.75) is 19.3 Å². The minimum Gasteiger partial charge on any atom is -0.317 e. The van der Waals surface area contributed by atoms with Crippen LogP contribution in [0.4, 0.5) is 0 Å². The molecular formula is C5H11AsN. The zero-order chi connectivity index (χ0) is 4.24. The van der Waals surface area contributed by atoms with Crippen LogP contribution in [0.1, 0.15) is 19.3 Å². The Bertz CT molecular complexity index is 23.6. The van der Waals surface area contributed by atoms with Gasteiger partial charge in [0.15, 0.2) is 0 Å². The summed E-state index contributed by atoms with van der Waals surface area (Å²) in [5.74, 6) is 0. The normalized spacial score (nSPS) is 20.6. The molecule has 1 N–H and O–H groups in total. The molecule has 0 bridgehead atoms. The van der Waals surface area contributed by atoms with E-state index in [1.165, 1.54) is 32.4 Å². The fourth-order valence-corrected chi connectivity index (χ4v) is 0.802. The molecule has 1 aliphatic rings. The van der Waals surface area contributed by atoms with Crippen LogP contribution >= 0.6 is 0 Å². The van der Waals surface area contributed by atoms with Crippen LogP contribution in [0.25, 0.3) is 0 Å². The fraction of sp³-hybridized carbons (Fsp3) is 1.00. The van der Waals surface area contributed by atoms with Gasteiger partial charge in [0.2, 0.25) is 0 Å². The van der Waals surface area contributed by atoms with Gasteiger partial charge < -0.3 is 5.32 Å². The van der Waals surface area contributed by atoms with Crippen LogP contribution in [0.15, 0.2) is 0 Å². The Morgan fingerprint density at radius 2 is 1.43 bits per heavy atom. The Hall–Kier alpha value is 0.518. The second kappa shape index (κ2) is 4.67. The minimum absolute atomic E-state index is 0. The van der Waals surface area contributed by atoms with Crippen LogP contribution in [0, 0.1) is 0 Å². The third-order valence-corrected chi connectivity index (χ3v) is 1.21. The van der Waals surface area contributed by atoms with Gasteiger partial charge in [0, 0.05) is 18.0 Å². The third kappa shape index (κ3) is 3.13. The largest absolute Gasteiger partial charge is 0.317 e. The molecule has 0 unspecified atom stereocenters. The number of nitrogens with one attached hydrogen (secondary N) is 1. The number of hydrogen-bond donors (Lipinski definition) is 1. The van der Waals surface area contributed by atoms with Crippen LogP contribution in [-0.2, 0) is 0 Å². The van der Waals surface area contributed by atoms with E-state index in [4.69, 9.17) is 0 Å². The summed E-state index contributed by atoms with van der Waals surface area (Å²) in [4.78, 5) is 0. The summed E-state index contributed by atoms with van der Waals surface area (Å²) in [6.07, 6.45) is 4.22. The first-order valence-corrected chi connectivity index (χ1v) is 2.71. The zero-order valence-corrected chi connectivity index (χ0v) is 6.36. The Morgan fingerprint density at radius 1 is 0.857 bits per heavy atom. The van der Waals surface area contributed by atoms with Crippen LogP contribution in [0.5, 0.6) is 0 Å².